The lowest BCUT2D eigenvalue weighted by molar-refractivity contribution is -0.384. The Morgan fingerprint density at radius 1 is 1.19 bits per heavy atom. The molecule has 0 fully saturated rings. The molecule has 0 spiro atoms. The Morgan fingerprint density at radius 2 is 1.94 bits per heavy atom. The zero-order valence-corrected chi connectivity index (χ0v) is 19.4. The summed E-state index contributed by atoms with van der Waals surface area (Å²) in [5, 5.41) is 21.3. The van der Waals surface area contributed by atoms with Crippen LogP contribution in [-0.2, 0) is 6.61 Å². The number of nitriles is 1. The number of nitrogens with zero attached hydrogens (tertiary/aromatic N) is 2. The minimum absolute atomic E-state index is 0.0780. The van der Waals surface area contributed by atoms with Crippen LogP contribution in [-0.4, -0.2) is 11.5 Å². The number of benzene rings is 3. The first-order valence-corrected chi connectivity index (χ1v) is 10.8. The van der Waals surface area contributed by atoms with Crippen LogP contribution in [0, 0.1) is 21.4 Å². The van der Waals surface area contributed by atoms with Gasteiger partial charge in [0.2, 0.25) is 0 Å². The van der Waals surface area contributed by atoms with Crippen molar-refractivity contribution in [3.63, 3.8) is 0 Å². The maximum absolute atomic E-state index is 11.1. The van der Waals surface area contributed by atoms with Crippen molar-refractivity contribution in [2.24, 2.45) is 0 Å². The highest BCUT2D eigenvalue weighted by molar-refractivity contribution is 9.10. The Morgan fingerprint density at radius 3 is 2.59 bits per heavy atom. The minimum Gasteiger partial charge on any atom is -0.490 e. The second kappa shape index (κ2) is 10.8. The standard InChI is InChI=1S/C24H18BrClN2O4/c1-2-31-23-12-17(10-19(14-27)18-4-3-5-21(13-18)28(29)30)11-22(25)24(23)32-15-16-6-8-20(26)9-7-16/h3-13H,2,15H2,1H3/b19-10-. The van der Waals surface area contributed by atoms with Gasteiger partial charge in [0.15, 0.2) is 11.5 Å². The number of non-ortho nitro benzene ring substituents is 1. The molecule has 3 rings (SSSR count). The molecule has 3 aromatic rings. The highest BCUT2D eigenvalue weighted by Crippen LogP contribution is 2.38. The Bertz CT molecular complexity index is 1200. The number of nitro groups is 1. The van der Waals surface area contributed by atoms with E-state index in [2.05, 4.69) is 22.0 Å². The van der Waals surface area contributed by atoms with Gasteiger partial charge in [-0.1, -0.05) is 35.9 Å². The second-order valence-corrected chi connectivity index (χ2v) is 7.95. The highest BCUT2D eigenvalue weighted by Gasteiger charge is 2.14. The predicted molar refractivity (Wildman–Crippen MR) is 128 cm³/mol. The van der Waals surface area contributed by atoms with Crippen LogP contribution in [0.5, 0.6) is 11.5 Å². The lowest BCUT2D eigenvalue weighted by Gasteiger charge is -2.15. The molecule has 0 heterocycles. The highest BCUT2D eigenvalue weighted by atomic mass is 79.9. The Balaban J connectivity index is 1.93. The van der Waals surface area contributed by atoms with E-state index >= 15 is 0 Å². The van der Waals surface area contributed by atoms with Crippen LogP contribution in [0.25, 0.3) is 11.6 Å². The average Bonchev–Trinajstić information content (AvgIpc) is 2.78. The van der Waals surface area contributed by atoms with Gasteiger partial charge in [0.1, 0.15) is 6.61 Å². The Kier molecular flexibility index (Phi) is 7.87. The van der Waals surface area contributed by atoms with Crippen molar-refractivity contribution in [2.75, 3.05) is 6.61 Å². The first-order valence-electron chi connectivity index (χ1n) is 9.61. The Hall–Kier alpha value is -3.34. The molecule has 0 aliphatic carbocycles. The number of allylic oxidation sites excluding steroid dienone is 1. The average molecular weight is 514 g/mol. The lowest BCUT2D eigenvalue weighted by Crippen LogP contribution is -2.01. The smallest absolute Gasteiger partial charge is 0.270 e. The molecule has 0 saturated heterocycles. The van der Waals surface area contributed by atoms with Gasteiger partial charge in [0.05, 0.1) is 27.6 Å². The second-order valence-electron chi connectivity index (χ2n) is 6.66. The number of halogens is 2. The molecule has 0 radical (unpaired) electrons. The summed E-state index contributed by atoms with van der Waals surface area (Å²) in [6.45, 7) is 2.61. The van der Waals surface area contributed by atoms with Crippen molar-refractivity contribution in [2.45, 2.75) is 13.5 Å². The van der Waals surface area contributed by atoms with E-state index in [0.29, 0.717) is 45.3 Å². The third-order valence-electron chi connectivity index (χ3n) is 4.43. The van der Waals surface area contributed by atoms with Crippen molar-refractivity contribution >= 4 is 44.9 Å². The summed E-state index contributed by atoms with van der Waals surface area (Å²) in [5.74, 6) is 1.05. The largest absolute Gasteiger partial charge is 0.490 e. The summed E-state index contributed by atoms with van der Waals surface area (Å²) >= 11 is 9.45. The molecule has 0 aromatic heterocycles. The van der Waals surface area contributed by atoms with Gasteiger partial charge in [-0.15, -0.1) is 0 Å². The van der Waals surface area contributed by atoms with Crippen LogP contribution in [0.4, 0.5) is 5.69 Å². The summed E-state index contributed by atoms with van der Waals surface area (Å²) in [4.78, 5) is 10.6. The molecule has 8 heteroatoms. The fraction of sp³-hybridized carbons (Fsp3) is 0.125. The van der Waals surface area contributed by atoms with Crippen LogP contribution >= 0.6 is 27.5 Å². The van der Waals surface area contributed by atoms with E-state index in [4.69, 9.17) is 21.1 Å². The molecule has 3 aromatic carbocycles. The van der Waals surface area contributed by atoms with Gasteiger partial charge in [-0.2, -0.15) is 5.26 Å². The van der Waals surface area contributed by atoms with Gasteiger partial charge < -0.3 is 9.47 Å². The van der Waals surface area contributed by atoms with E-state index in [1.165, 1.54) is 12.1 Å². The van der Waals surface area contributed by atoms with Crippen LogP contribution in [0.3, 0.4) is 0 Å². The molecular weight excluding hydrogens is 496 g/mol. The number of hydrogen-bond acceptors (Lipinski definition) is 5. The van der Waals surface area contributed by atoms with E-state index in [9.17, 15) is 15.4 Å². The topological polar surface area (TPSA) is 85.4 Å². The van der Waals surface area contributed by atoms with Crippen molar-refractivity contribution in [1.29, 1.82) is 5.26 Å². The fourth-order valence-electron chi connectivity index (χ4n) is 2.94. The summed E-state index contributed by atoms with van der Waals surface area (Å²) < 4.78 is 12.4. The quantitative estimate of drug-likeness (QED) is 0.139. The van der Waals surface area contributed by atoms with E-state index in [1.54, 1.807) is 42.5 Å². The SMILES string of the molecule is CCOc1cc(/C=C(/C#N)c2cccc([N+](=O)[O-])c2)cc(Br)c1OCc1ccc(Cl)cc1. The number of rotatable bonds is 8. The van der Waals surface area contributed by atoms with E-state index in [-0.39, 0.29) is 11.3 Å². The maximum atomic E-state index is 11.1. The van der Waals surface area contributed by atoms with Crippen LogP contribution in [0.1, 0.15) is 23.6 Å². The molecule has 162 valence electrons. The van der Waals surface area contributed by atoms with Gasteiger partial charge in [-0.3, -0.25) is 10.1 Å². The summed E-state index contributed by atoms with van der Waals surface area (Å²) in [7, 11) is 0. The molecule has 0 bridgehead atoms. The minimum atomic E-state index is -0.491. The van der Waals surface area contributed by atoms with Crippen LogP contribution < -0.4 is 9.47 Å². The number of nitro benzene ring substituents is 1. The van der Waals surface area contributed by atoms with Crippen molar-refractivity contribution in [3.05, 3.63) is 97.0 Å². The molecule has 0 saturated carbocycles. The molecule has 0 aliphatic heterocycles. The number of hydrogen-bond donors (Lipinski definition) is 0. The molecule has 0 unspecified atom stereocenters. The normalized spacial score (nSPS) is 11.0. The van der Waals surface area contributed by atoms with Gasteiger partial charge in [0, 0.05) is 17.2 Å². The maximum Gasteiger partial charge on any atom is 0.270 e. The van der Waals surface area contributed by atoms with Crippen molar-refractivity contribution in [1.82, 2.24) is 0 Å². The van der Waals surface area contributed by atoms with E-state index in [0.717, 1.165) is 5.56 Å². The summed E-state index contributed by atoms with van der Waals surface area (Å²) in [5.41, 5.74) is 2.30. The van der Waals surface area contributed by atoms with Crippen LogP contribution in [0.15, 0.2) is 65.1 Å². The van der Waals surface area contributed by atoms with Gasteiger partial charge in [-0.05, 0) is 69.9 Å². The molecule has 0 amide bonds. The fourth-order valence-corrected chi connectivity index (χ4v) is 3.64. The predicted octanol–water partition coefficient (Wildman–Crippen LogP) is 7.05. The van der Waals surface area contributed by atoms with E-state index < -0.39 is 4.92 Å². The molecular formula is C24H18BrClN2O4. The van der Waals surface area contributed by atoms with Crippen molar-refractivity contribution in [3.8, 4) is 17.6 Å². The third-order valence-corrected chi connectivity index (χ3v) is 5.27. The molecule has 0 atom stereocenters. The van der Waals surface area contributed by atoms with Gasteiger partial charge >= 0.3 is 0 Å². The summed E-state index contributed by atoms with van der Waals surface area (Å²) in [6, 6.07) is 19.0. The molecule has 0 N–H and O–H groups in total. The van der Waals surface area contributed by atoms with E-state index in [1.807, 2.05) is 19.1 Å². The zero-order valence-electron chi connectivity index (χ0n) is 17.0. The van der Waals surface area contributed by atoms with Gasteiger partial charge in [-0.25, -0.2) is 0 Å². The van der Waals surface area contributed by atoms with Crippen molar-refractivity contribution < 1.29 is 14.4 Å². The monoisotopic (exact) mass is 512 g/mol. The molecule has 6 nitrogen and oxygen atoms in total. The zero-order chi connectivity index (χ0) is 23.1. The third kappa shape index (κ3) is 5.88. The van der Waals surface area contributed by atoms with Crippen LogP contribution in [0.2, 0.25) is 5.02 Å². The van der Waals surface area contributed by atoms with Gasteiger partial charge in [0.25, 0.3) is 5.69 Å². The Labute approximate surface area is 198 Å². The first kappa shape index (κ1) is 23.3. The number of ether oxygens (including phenoxy) is 2. The molecule has 32 heavy (non-hydrogen) atoms. The molecule has 0 aliphatic rings. The first-order chi connectivity index (χ1) is 15.4. The lowest BCUT2D eigenvalue weighted by atomic mass is 10.0. The summed E-state index contributed by atoms with van der Waals surface area (Å²) in [6.07, 6.45) is 1.65.